The van der Waals surface area contributed by atoms with Gasteiger partial charge in [0.1, 0.15) is 0 Å². The van der Waals surface area contributed by atoms with E-state index in [4.69, 9.17) is 6.42 Å². The van der Waals surface area contributed by atoms with Crippen LogP contribution in [-0.2, 0) is 0 Å². The van der Waals surface area contributed by atoms with Gasteiger partial charge in [-0.15, -0.1) is 6.42 Å². The van der Waals surface area contributed by atoms with Crippen molar-refractivity contribution in [3.63, 3.8) is 0 Å². The number of terminal acetylenes is 1. The Morgan fingerprint density at radius 2 is 2.38 bits per heavy atom. The maximum atomic E-state index is 5.28. The van der Waals surface area contributed by atoms with Crippen LogP contribution in [0.5, 0.6) is 0 Å². The minimum Gasteiger partial charge on any atom is -0.382 e. The Kier molecular flexibility index (Phi) is 3.66. The normalized spacial score (nSPS) is 9.85. The van der Waals surface area contributed by atoms with E-state index in [1.165, 1.54) is 0 Å². The van der Waals surface area contributed by atoms with E-state index in [9.17, 15) is 0 Å². The van der Waals surface area contributed by atoms with Crippen LogP contribution in [0.3, 0.4) is 0 Å². The van der Waals surface area contributed by atoms with Gasteiger partial charge in [-0.25, -0.2) is 0 Å². The Labute approximate surface area is 79.5 Å². The van der Waals surface area contributed by atoms with Gasteiger partial charge in [0.2, 0.25) is 0 Å². The Bertz CT molecular complexity index is 331. The molecule has 0 bridgehead atoms. The maximum Gasteiger partial charge on any atom is 0.0355 e. The van der Waals surface area contributed by atoms with Crippen molar-refractivity contribution in [2.45, 2.75) is 6.92 Å². The van der Waals surface area contributed by atoms with Crippen molar-refractivity contribution < 1.29 is 0 Å². The summed E-state index contributed by atoms with van der Waals surface area (Å²) in [5.41, 5.74) is 1.97. The van der Waals surface area contributed by atoms with E-state index >= 15 is 0 Å². The molecule has 13 heavy (non-hydrogen) atoms. The molecule has 1 N–H and O–H groups in total. The molecule has 1 rings (SSSR count). The lowest BCUT2D eigenvalue weighted by atomic mass is 10.2. The zero-order chi connectivity index (χ0) is 9.52. The minimum atomic E-state index is 0.838. The summed E-state index contributed by atoms with van der Waals surface area (Å²) in [7, 11) is 0. The van der Waals surface area contributed by atoms with Gasteiger partial charge in [-0.1, -0.05) is 24.1 Å². The quantitative estimate of drug-likeness (QED) is 0.544. The van der Waals surface area contributed by atoms with Crippen LogP contribution < -0.4 is 5.32 Å². The first-order valence-electron chi connectivity index (χ1n) is 4.28. The molecule has 1 aromatic rings. The summed E-state index contributed by atoms with van der Waals surface area (Å²) < 4.78 is 0. The molecule has 0 aliphatic rings. The number of anilines is 1. The number of allylic oxidation sites excluding steroid dienone is 1. The molecule has 0 spiro atoms. The van der Waals surface area contributed by atoms with E-state index in [2.05, 4.69) is 17.3 Å². The highest BCUT2D eigenvalue weighted by atomic mass is 14.8. The average Bonchev–Trinajstić information content (AvgIpc) is 2.19. The second-order valence-corrected chi connectivity index (χ2v) is 2.68. The van der Waals surface area contributed by atoms with Crippen molar-refractivity contribution in [3.05, 3.63) is 42.0 Å². The van der Waals surface area contributed by atoms with Gasteiger partial charge >= 0.3 is 0 Å². The first-order chi connectivity index (χ1) is 6.36. The zero-order valence-corrected chi connectivity index (χ0v) is 7.75. The monoisotopic (exact) mass is 171 g/mol. The molecule has 0 aromatic heterocycles. The molecular weight excluding hydrogens is 158 g/mol. The number of hydrogen-bond donors (Lipinski definition) is 1. The van der Waals surface area contributed by atoms with Crippen LogP contribution in [0.15, 0.2) is 36.4 Å². The van der Waals surface area contributed by atoms with Crippen molar-refractivity contribution >= 4 is 5.69 Å². The van der Waals surface area contributed by atoms with Crippen LogP contribution in [0.4, 0.5) is 5.69 Å². The van der Waals surface area contributed by atoms with Crippen LogP contribution in [0, 0.1) is 12.3 Å². The lowest BCUT2D eigenvalue weighted by molar-refractivity contribution is 1.32. The van der Waals surface area contributed by atoms with E-state index in [-0.39, 0.29) is 0 Å². The third kappa shape index (κ3) is 3.04. The highest BCUT2D eigenvalue weighted by Gasteiger charge is 1.90. The first-order valence-corrected chi connectivity index (χ1v) is 4.28. The molecule has 0 heterocycles. The predicted molar refractivity (Wildman–Crippen MR) is 57.7 cm³/mol. The number of benzene rings is 1. The van der Waals surface area contributed by atoms with Gasteiger partial charge in [-0.05, 0) is 25.1 Å². The van der Waals surface area contributed by atoms with Crippen molar-refractivity contribution in [1.29, 1.82) is 0 Å². The molecule has 0 unspecified atom stereocenters. The molecule has 0 radical (unpaired) electrons. The average molecular weight is 171 g/mol. The Morgan fingerprint density at radius 3 is 3.08 bits per heavy atom. The number of rotatable bonds is 3. The van der Waals surface area contributed by atoms with Crippen LogP contribution in [-0.4, -0.2) is 6.54 Å². The van der Waals surface area contributed by atoms with E-state index in [1.807, 2.05) is 37.3 Å². The maximum absolute atomic E-state index is 5.28. The van der Waals surface area contributed by atoms with E-state index < -0.39 is 0 Å². The second-order valence-electron chi connectivity index (χ2n) is 2.68. The summed E-state index contributed by atoms with van der Waals surface area (Å²) in [5.74, 6) is 2.60. The first kappa shape index (κ1) is 9.41. The predicted octanol–water partition coefficient (Wildman–Crippen LogP) is 2.66. The number of hydrogen-bond acceptors (Lipinski definition) is 1. The van der Waals surface area contributed by atoms with Crippen LogP contribution >= 0.6 is 0 Å². The van der Waals surface area contributed by atoms with Crippen molar-refractivity contribution in [3.8, 4) is 12.3 Å². The van der Waals surface area contributed by atoms with Gasteiger partial charge in [0, 0.05) is 17.8 Å². The van der Waals surface area contributed by atoms with Gasteiger partial charge in [-0.2, -0.15) is 0 Å². The van der Waals surface area contributed by atoms with Crippen molar-refractivity contribution in [1.82, 2.24) is 0 Å². The molecular formula is C12H13N. The third-order valence-electron chi connectivity index (χ3n) is 1.69. The molecule has 0 saturated carbocycles. The van der Waals surface area contributed by atoms with Crippen LogP contribution in [0.25, 0.3) is 0 Å². The van der Waals surface area contributed by atoms with Gasteiger partial charge in [0.05, 0.1) is 0 Å². The fourth-order valence-electron chi connectivity index (χ4n) is 1.01. The van der Waals surface area contributed by atoms with Gasteiger partial charge < -0.3 is 5.32 Å². The highest BCUT2D eigenvalue weighted by Crippen LogP contribution is 2.08. The topological polar surface area (TPSA) is 12.0 Å². The van der Waals surface area contributed by atoms with Gasteiger partial charge in [0.25, 0.3) is 0 Å². The SMILES string of the molecule is C#Cc1cccc(NC/C=C/C)c1. The van der Waals surface area contributed by atoms with Crippen molar-refractivity contribution in [2.75, 3.05) is 11.9 Å². The van der Waals surface area contributed by atoms with Crippen molar-refractivity contribution in [2.24, 2.45) is 0 Å². The molecule has 66 valence electrons. The van der Waals surface area contributed by atoms with Gasteiger partial charge in [-0.3, -0.25) is 0 Å². The fourth-order valence-corrected chi connectivity index (χ4v) is 1.01. The Morgan fingerprint density at radius 1 is 1.54 bits per heavy atom. The zero-order valence-electron chi connectivity index (χ0n) is 7.75. The number of nitrogens with one attached hydrogen (secondary N) is 1. The summed E-state index contributed by atoms with van der Waals surface area (Å²) in [6.45, 7) is 2.84. The largest absolute Gasteiger partial charge is 0.382 e. The summed E-state index contributed by atoms with van der Waals surface area (Å²) in [6, 6.07) is 7.84. The molecule has 0 amide bonds. The summed E-state index contributed by atoms with van der Waals surface area (Å²) in [6.07, 6.45) is 9.35. The van der Waals surface area contributed by atoms with E-state index in [0.717, 1.165) is 17.8 Å². The molecule has 1 nitrogen and oxygen atoms in total. The molecule has 0 atom stereocenters. The molecule has 0 fully saturated rings. The summed E-state index contributed by atoms with van der Waals surface area (Å²) in [4.78, 5) is 0. The molecule has 0 saturated heterocycles. The second kappa shape index (κ2) is 5.05. The Hall–Kier alpha value is -1.68. The molecule has 1 aromatic carbocycles. The van der Waals surface area contributed by atoms with E-state index in [0.29, 0.717) is 0 Å². The van der Waals surface area contributed by atoms with Gasteiger partial charge in [0.15, 0.2) is 0 Å². The lowest BCUT2D eigenvalue weighted by Crippen LogP contribution is -1.97. The lowest BCUT2D eigenvalue weighted by Gasteiger charge is -2.02. The molecule has 0 aliphatic carbocycles. The molecule has 1 heteroatoms. The summed E-state index contributed by atoms with van der Waals surface area (Å²) in [5, 5.41) is 3.24. The molecule has 0 aliphatic heterocycles. The highest BCUT2D eigenvalue weighted by molar-refractivity contribution is 5.50. The fraction of sp³-hybridized carbons (Fsp3) is 0.167. The standard InChI is InChI=1S/C12H13N/c1-3-5-9-13-12-8-6-7-11(4-2)10-12/h2-3,5-8,10,13H,9H2,1H3/b5-3+. The minimum absolute atomic E-state index is 0.838. The third-order valence-corrected chi connectivity index (χ3v) is 1.69. The van der Waals surface area contributed by atoms with E-state index in [1.54, 1.807) is 0 Å². The Balaban J connectivity index is 2.62. The smallest absolute Gasteiger partial charge is 0.0355 e. The summed E-state index contributed by atoms with van der Waals surface area (Å²) >= 11 is 0. The van der Waals surface area contributed by atoms with Crippen LogP contribution in [0.1, 0.15) is 12.5 Å². The van der Waals surface area contributed by atoms with Crippen LogP contribution in [0.2, 0.25) is 0 Å².